The van der Waals surface area contributed by atoms with Gasteiger partial charge in [0.2, 0.25) is 11.9 Å². The number of nitrogens with zero attached hydrogens (tertiary/aromatic N) is 3. The molecule has 2 atom stereocenters. The first kappa shape index (κ1) is 22.4. The molecular formula is C21H28N4O6. The van der Waals surface area contributed by atoms with Gasteiger partial charge in [0, 0.05) is 26.2 Å². The molecule has 3 rings (SSSR count). The van der Waals surface area contributed by atoms with Crippen LogP contribution in [0.15, 0.2) is 29.3 Å². The summed E-state index contributed by atoms with van der Waals surface area (Å²) < 4.78 is 15.4. The van der Waals surface area contributed by atoms with Gasteiger partial charge in [0.1, 0.15) is 11.8 Å². The van der Waals surface area contributed by atoms with E-state index >= 15 is 0 Å². The van der Waals surface area contributed by atoms with Gasteiger partial charge in [-0.1, -0.05) is 12.1 Å². The molecule has 31 heavy (non-hydrogen) atoms. The van der Waals surface area contributed by atoms with Crippen LogP contribution in [0.25, 0.3) is 0 Å². The molecule has 1 saturated heterocycles. The van der Waals surface area contributed by atoms with Crippen LogP contribution in [0.2, 0.25) is 0 Å². The monoisotopic (exact) mass is 432 g/mol. The number of aliphatic imine (C=N–C) groups is 1. The van der Waals surface area contributed by atoms with Crippen LogP contribution in [0, 0.1) is 5.92 Å². The molecular weight excluding hydrogens is 404 g/mol. The summed E-state index contributed by atoms with van der Waals surface area (Å²) in [6.45, 7) is 5.81. The van der Waals surface area contributed by atoms with Crippen LogP contribution in [0.4, 0.5) is 4.79 Å². The van der Waals surface area contributed by atoms with Crippen LogP contribution in [-0.2, 0) is 19.1 Å². The van der Waals surface area contributed by atoms with E-state index in [9.17, 15) is 14.4 Å². The number of piperazine rings is 1. The summed E-state index contributed by atoms with van der Waals surface area (Å²) in [6, 6.07) is 6.37. The average Bonchev–Trinajstić information content (AvgIpc) is 2.79. The number of esters is 1. The molecule has 0 saturated carbocycles. The summed E-state index contributed by atoms with van der Waals surface area (Å²) in [4.78, 5) is 45.6. The van der Waals surface area contributed by atoms with Crippen LogP contribution in [0.3, 0.4) is 0 Å². The number of guanidine groups is 1. The van der Waals surface area contributed by atoms with E-state index in [1.165, 1.54) is 0 Å². The van der Waals surface area contributed by atoms with Crippen LogP contribution in [0.5, 0.6) is 5.75 Å². The second-order valence-electron chi connectivity index (χ2n) is 7.06. The number of nitrogens with one attached hydrogen (secondary N) is 1. The van der Waals surface area contributed by atoms with E-state index in [0.717, 1.165) is 0 Å². The molecule has 2 amide bonds. The predicted octanol–water partition coefficient (Wildman–Crippen LogP) is 1.18. The van der Waals surface area contributed by atoms with Crippen molar-refractivity contribution in [3.63, 3.8) is 0 Å². The standard InChI is InChI=1S/C21H28N4O6/c1-4-30-19(27)16-17(14-6-8-15(29-3)9-7-14)22-20(23-18(16)26)24-10-12-25(13-11-24)21(28)31-5-2/h6-9,16-17H,4-5,10-13H2,1-3H3,(H,22,23,26)/t16-,17+/m1/s1. The number of ether oxygens (including phenoxy) is 3. The quantitative estimate of drug-likeness (QED) is 0.549. The number of carbonyl (C=O) groups excluding carboxylic acids is 3. The van der Waals surface area contributed by atoms with Gasteiger partial charge in [-0.3, -0.25) is 14.9 Å². The third kappa shape index (κ3) is 5.07. The third-order valence-electron chi connectivity index (χ3n) is 5.20. The lowest BCUT2D eigenvalue weighted by Crippen LogP contribution is -2.58. The molecule has 0 spiro atoms. The highest BCUT2D eigenvalue weighted by Crippen LogP contribution is 2.32. The van der Waals surface area contributed by atoms with Crippen LogP contribution < -0.4 is 10.1 Å². The van der Waals surface area contributed by atoms with E-state index in [4.69, 9.17) is 19.2 Å². The molecule has 0 unspecified atom stereocenters. The van der Waals surface area contributed by atoms with Gasteiger partial charge in [0.15, 0.2) is 5.92 Å². The topological polar surface area (TPSA) is 110 Å². The van der Waals surface area contributed by atoms with Gasteiger partial charge in [-0.2, -0.15) is 0 Å². The second kappa shape index (κ2) is 10.1. The third-order valence-corrected chi connectivity index (χ3v) is 5.20. The molecule has 1 aromatic carbocycles. The number of carbonyl (C=O) groups is 3. The zero-order valence-corrected chi connectivity index (χ0v) is 18.0. The van der Waals surface area contributed by atoms with E-state index in [1.807, 2.05) is 4.90 Å². The number of rotatable bonds is 5. The number of benzene rings is 1. The Labute approximate surface area is 181 Å². The van der Waals surface area contributed by atoms with Crippen molar-refractivity contribution in [3.05, 3.63) is 29.8 Å². The van der Waals surface area contributed by atoms with Crippen molar-refractivity contribution in [2.75, 3.05) is 46.5 Å². The fourth-order valence-electron chi connectivity index (χ4n) is 3.58. The molecule has 2 heterocycles. The van der Waals surface area contributed by atoms with Crippen LogP contribution in [0.1, 0.15) is 25.5 Å². The SMILES string of the molecule is CCOC(=O)[C@H]1C(=O)NC(N2CCN(C(=O)OCC)CC2)=N[C@H]1c1ccc(OC)cc1. The molecule has 0 aromatic heterocycles. The number of methoxy groups -OCH3 is 1. The second-order valence-corrected chi connectivity index (χ2v) is 7.06. The van der Waals surface area contributed by atoms with Crippen molar-refractivity contribution in [2.45, 2.75) is 19.9 Å². The number of hydrogen-bond acceptors (Lipinski definition) is 8. The van der Waals surface area contributed by atoms with E-state index in [2.05, 4.69) is 5.32 Å². The molecule has 10 nitrogen and oxygen atoms in total. The summed E-state index contributed by atoms with van der Waals surface area (Å²) in [5.74, 6) is -1.11. The Balaban J connectivity index is 1.83. The summed E-state index contributed by atoms with van der Waals surface area (Å²) in [6.07, 6.45) is -0.352. The maximum absolute atomic E-state index is 12.9. The van der Waals surface area contributed by atoms with Crippen LogP contribution in [-0.4, -0.2) is 80.2 Å². The fourth-order valence-corrected chi connectivity index (χ4v) is 3.58. The Kier molecular flexibility index (Phi) is 7.32. The van der Waals surface area contributed by atoms with Gasteiger partial charge in [-0.05, 0) is 31.5 Å². The molecule has 0 bridgehead atoms. The van der Waals surface area contributed by atoms with Crippen LogP contribution >= 0.6 is 0 Å². The number of hydrogen-bond donors (Lipinski definition) is 1. The van der Waals surface area contributed by atoms with Crippen molar-refractivity contribution < 1.29 is 28.6 Å². The first-order valence-electron chi connectivity index (χ1n) is 10.3. The minimum Gasteiger partial charge on any atom is -0.497 e. The van der Waals surface area contributed by atoms with E-state index in [0.29, 0.717) is 50.1 Å². The predicted molar refractivity (Wildman–Crippen MR) is 112 cm³/mol. The lowest BCUT2D eigenvalue weighted by Gasteiger charge is -2.38. The van der Waals surface area contributed by atoms with Gasteiger partial charge < -0.3 is 24.0 Å². The van der Waals surface area contributed by atoms with Crippen molar-refractivity contribution in [1.82, 2.24) is 15.1 Å². The Morgan fingerprint density at radius 3 is 2.29 bits per heavy atom. The summed E-state index contributed by atoms with van der Waals surface area (Å²) in [5, 5.41) is 2.74. The Morgan fingerprint density at radius 1 is 1.06 bits per heavy atom. The molecule has 0 radical (unpaired) electrons. The van der Waals surface area contributed by atoms with E-state index < -0.39 is 23.8 Å². The minimum absolute atomic E-state index is 0.171. The zero-order valence-electron chi connectivity index (χ0n) is 18.0. The highest BCUT2D eigenvalue weighted by molar-refractivity contribution is 6.08. The van der Waals surface area contributed by atoms with Gasteiger partial charge in [-0.25, -0.2) is 9.79 Å². The molecule has 1 N–H and O–H groups in total. The first-order chi connectivity index (χ1) is 15.0. The lowest BCUT2D eigenvalue weighted by atomic mass is 9.91. The molecule has 1 aromatic rings. The maximum atomic E-state index is 12.9. The van der Waals surface area contributed by atoms with Gasteiger partial charge in [0.05, 0.1) is 20.3 Å². The van der Waals surface area contributed by atoms with Gasteiger partial charge in [-0.15, -0.1) is 0 Å². The Morgan fingerprint density at radius 2 is 1.71 bits per heavy atom. The molecule has 2 aliphatic rings. The normalized spacial score (nSPS) is 21.1. The average molecular weight is 432 g/mol. The smallest absolute Gasteiger partial charge is 0.409 e. The molecule has 10 heteroatoms. The summed E-state index contributed by atoms with van der Waals surface area (Å²) in [5.41, 5.74) is 0.705. The van der Waals surface area contributed by atoms with E-state index in [1.54, 1.807) is 50.1 Å². The lowest BCUT2D eigenvalue weighted by molar-refractivity contribution is -0.153. The van der Waals surface area contributed by atoms with Gasteiger partial charge >= 0.3 is 12.1 Å². The van der Waals surface area contributed by atoms with Crippen molar-refractivity contribution in [1.29, 1.82) is 0 Å². The highest BCUT2D eigenvalue weighted by Gasteiger charge is 2.42. The largest absolute Gasteiger partial charge is 0.497 e. The Bertz CT molecular complexity index is 833. The maximum Gasteiger partial charge on any atom is 0.409 e. The zero-order chi connectivity index (χ0) is 22.4. The molecule has 168 valence electrons. The Hall–Kier alpha value is -3.30. The van der Waals surface area contributed by atoms with Crippen molar-refractivity contribution >= 4 is 23.9 Å². The minimum atomic E-state index is -1.09. The fraction of sp³-hybridized carbons (Fsp3) is 0.524. The molecule has 1 fully saturated rings. The molecule has 2 aliphatic heterocycles. The van der Waals surface area contributed by atoms with Crippen molar-refractivity contribution in [3.8, 4) is 5.75 Å². The number of amides is 2. The van der Waals surface area contributed by atoms with E-state index in [-0.39, 0.29) is 12.7 Å². The molecule has 0 aliphatic carbocycles. The van der Waals surface area contributed by atoms with Crippen molar-refractivity contribution in [2.24, 2.45) is 10.9 Å². The van der Waals surface area contributed by atoms with Gasteiger partial charge in [0.25, 0.3) is 0 Å². The highest BCUT2D eigenvalue weighted by atomic mass is 16.6. The summed E-state index contributed by atoms with van der Waals surface area (Å²) >= 11 is 0. The summed E-state index contributed by atoms with van der Waals surface area (Å²) in [7, 11) is 1.57. The first-order valence-corrected chi connectivity index (χ1v) is 10.3.